The van der Waals surface area contributed by atoms with Crippen molar-refractivity contribution in [1.29, 1.82) is 0 Å². The molecule has 1 aliphatic carbocycles. The van der Waals surface area contributed by atoms with Gasteiger partial charge in [0.2, 0.25) is 0 Å². The molecule has 0 aliphatic heterocycles. The van der Waals surface area contributed by atoms with Crippen LogP contribution in [0.25, 0.3) is 0 Å². The molecular formula is C13H22N2S. The molecule has 2 rings (SSSR count). The number of rotatable bonds is 3. The Morgan fingerprint density at radius 1 is 1.50 bits per heavy atom. The number of aromatic amines is 1. The Kier molecular flexibility index (Phi) is 3.85. The summed E-state index contributed by atoms with van der Waals surface area (Å²) >= 11 is 5.27. The monoisotopic (exact) mass is 238 g/mol. The quantitative estimate of drug-likeness (QED) is 0.787. The molecule has 0 saturated heterocycles. The maximum atomic E-state index is 5.27. The van der Waals surface area contributed by atoms with Crippen molar-refractivity contribution in [3.05, 3.63) is 16.7 Å². The molecule has 1 fully saturated rings. The van der Waals surface area contributed by atoms with E-state index in [4.69, 9.17) is 12.2 Å². The summed E-state index contributed by atoms with van der Waals surface area (Å²) in [5, 5.41) is 0. The van der Waals surface area contributed by atoms with Crippen molar-refractivity contribution in [2.24, 2.45) is 11.8 Å². The van der Waals surface area contributed by atoms with Crippen LogP contribution < -0.4 is 0 Å². The number of aromatic nitrogens is 2. The molecule has 16 heavy (non-hydrogen) atoms. The van der Waals surface area contributed by atoms with Crippen LogP contribution in [0.4, 0.5) is 0 Å². The topological polar surface area (TPSA) is 20.7 Å². The van der Waals surface area contributed by atoms with Gasteiger partial charge in [0.1, 0.15) is 0 Å². The van der Waals surface area contributed by atoms with Gasteiger partial charge >= 0.3 is 0 Å². The molecule has 0 amide bonds. The van der Waals surface area contributed by atoms with E-state index in [1.165, 1.54) is 37.8 Å². The van der Waals surface area contributed by atoms with Gasteiger partial charge < -0.3 is 9.55 Å². The van der Waals surface area contributed by atoms with Gasteiger partial charge in [-0.3, -0.25) is 0 Å². The van der Waals surface area contributed by atoms with Gasteiger partial charge in [-0.05, 0) is 43.8 Å². The Morgan fingerprint density at radius 3 is 2.94 bits per heavy atom. The molecule has 1 aromatic rings. The normalized spacial score (nSPS) is 25.9. The average Bonchev–Trinajstić information content (AvgIpc) is 2.56. The molecular weight excluding hydrogens is 216 g/mol. The molecule has 1 saturated carbocycles. The van der Waals surface area contributed by atoms with Gasteiger partial charge in [0.05, 0.1) is 0 Å². The summed E-state index contributed by atoms with van der Waals surface area (Å²) < 4.78 is 3.11. The molecule has 0 aromatic carbocycles. The maximum Gasteiger partial charge on any atom is 0.177 e. The van der Waals surface area contributed by atoms with Crippen LogP contribution in [0, 0.1) is 23.5 Å². The van der Waals surface area contributed by atoms with Gasteiger partial charge in [-0.25, -0.2) is 0 Å². The Balaban J connectivity index is 1.90. The minimum Gasteiger partial charge on any atom is -0.337 e. The van der Waals surface area contributed by atoms with Crippen LogP contribution >= 0.6 is 12.2 Å². The third-order valence-corrected chi connectivity index (χ3v) is 4.22. The average molecular weight is 238 g/mol. The van der Waals surface area contributed by atoms with Crippen molar-refractivity contribution in [2.45, 2.75) is 52.5 Å². The minimum absolute atomic E-state index is 0.876. The predicted molar refractivity (Wildman–Crippen MR) is 70.1 cm³/mol. The number of aryl methyl sites for hydroxylation is 1. The summed E-state index contributed by atoms with van der Waals surface area (Å²) in [5.74, 6) is 1.85. The van der Waals surface area contributed by atoms with Crippen molar-refractivity contribution in [3.8, 4) is 0 Å². The molecule has 1 aliphatic rings. The van der Waals surface area contributed by atoms with Crippen LogP contribution in [-0.4, -0.2) is 9.55 Å². The lowest BCUT2D eigenvalue weighted by Gasteiger charge is -2.26. The first-order chi connectivity index (χ1) is 7.66. The van der Waals surface area contributed by atoms with E-state index >= 15 is 0 Å². The van der Waals surface area contributed by atoms with Crippen LogP contribution in [0.1, 0.15) is 44.7 Å². The largest absolute Gasteiger partial charge is 0.337 e. The van der Waals surface area contributed by atoms with Gasteiger partial charge in [-0.15, -0.1) is 0 Å². The van der Waals surface area contributed by atoms with Crippen molar-refractivity contribution >= 4 is 12.2 Å². The second-order valence-corrected chi connectivity index (χ2v) is 5.70. The zero-order chi connectivity index (χ0) is 11.5. The lowest BCUT2D eigenvalue weighted by Crippen LogP contribution is -2.15. The Hall–Kier alpha value is -0.570. The van der Waals surface area contributed by atoms with Gasteiger partial charge in [0, 0.05) is 18.4 Å². The number of H-pyrrole nitrogens is 1. The van der Waals surface area contributed by atoms with Crippen molar-refractivity contribution < 1.29 is 0 Å². The number of imidazole rings is 1. The Morgan fingerprint density at radius 2 is 2.31 bits per heavy atom. The summed E-state index contributed by atoms with van der Waals surface area (Å²) in [5.41, 5.74) is 1.26. The van der Waals surface area contributed by atoms with Crippen LogP contribution in [0.5, 0.6) is 0 Å². The third-order valence-electron chi connectivity index (χ3n) is 3.88. The molecule has 1 aromatic heterocycles. The summed E-state index contributed by atoms with van der Waals surface area (Å²) in [6.07, 6.45) is 8.98. The second kappa shape index (κ2) is 5.17. The van der Waals surface area contributed by atoms with E-state index in [1.807, 2.05) is 6.20 Å². The SMILES string of the molecule is Cc1c[nH]c(=S)n1CCC1CCCC(C)C1. The molecule has 1 heterocycles. The zero-order valence-corrected chi connectivity index (χ0v) is 11.1. The maximum absolute atomic E-state index is 5.27. The van der Waals surface area contributed by atoms with Crippen LogP contribution in [0.2, 0.25) is 0 Å². The molecule has 1 N–H and O–H groups in total. The molecule has 0 bridgehead atoms. The van der Waals surface area contributed by atoms with E-state index in [9.17, 15) is 0 Å². The first-order valence-corrected chi connectivity index (χ1v) is 6.82. The van der Waals surface area contributed by atoms with Crippen LogP contribution in [-0.2, 0) is 6.54 Å². The van der Waals surface area contributed by atoms with Crippen molar-refractivity contribution in [1.82, 2.24) is 9.55 Å². The number of nitrogens with one attached hydrogen (secondary N) is 1. The van der Waals surface area contributed by atoms with Crippen molar-refractivity contribution in [2.75, 3.05) is 0 Å². The summed E-state index contributed by atoms with van der Waals surface area (Å²) in [6.45, 7) is 5.60. The van der Waals surface area contributed by atoms with Crippen molar-refractivity contribution in [3.63, 3.8) is 0 Å². The molecule has 0 spiro atoms. The summed E-state index contributed by atoms with van der Waals surface area (Å²) in [4.78, 5) is 3.11. The van der Waals surface area contributed by atoms with Gasteiger partial charge in [-0.1, -0.05) is 26.2 Å². The molecule has 3 heteroatoms. The molecule has 0 radical (unpaired) electrons. The highest BCUT2D eigenvalue weighted by Crippen LogP contribution is 2.31. The fourth-order valence-corrected chi connectivity index (χ4v) is 3.19. The van der Waals surface area contributed by atoms with E-state index in [0.717, 1.165) is 23.2 Å². The van der Waals surface area contributed by atoms with Gasteiger partial charge in [0.25, 0.3) is 0 Å². The lowest BCUT2D eigenvalue weighted by atomic mass is 9.81. The fraction of sp³-hybridized carbons (Fsp3) is 0.769. The first-order valence-electron chi connectivity index (χ1n) is 6.41. The van der Waals surface area contributed by atoms with Crippen LogP contribution in [0.15, 0.2) is 6.20 Å². The second-order valence-electron chi connectivity index (χ2n) is 5.31. The fourth-order valence-electron chi connectivity index (χ4n) is 2.89. The highest BCUT2D eigenvalue weighted by molar-refractivity contribution is 7.71. The number of hydrogen-bond donors (Lipinski definition) is 1. The molecule has 90 valence electrons. The third kappa shape index (κ3) is 2.76. The van der Waals surface area contributed by atoms with Gasteiger partial charge in [-0.2, -0.15) is 0 Å². The number of hydrogen-bond acceptors (Lipinski definition) is 1. The van der Waals surface area contributed by atoms with E-state index in [2.05, 4.69) is 23.4 Å². The highest BCUT2D eigenvalue weighted by Gasteiger charge is 2.18. The standard InChI is InChI=1S/C13H22N2S/c1-10-4-3-5-12(8-10)6-7-15-11(2)9-14-13(15)16/h9-10,12H,3-8H2,1-2H3,(H,14,16). The smallest absolute Gasteiger partial charge is 0.177 e. The van der Waals surface area contributed by atoms with Gasteiger partial charge in [0.15, 0.2) is 4.77 Å². The van der Waals surface area contributed by atoms with Crippen LogP contribution in [0.3, 0.4) is 0 Å². The summed E-state index contributed by atoms with van der Waals surface area (Å²) in [7, 11) is 0. The Labute approximate surface area is 103 Å². The highest BCUT2D eigenvalue weighted by atomic mass is 32.1. The van der Waals surface area contributed by atoms with E-state index in [0.29, 0.717) is 0 Å². The van der Waals surface area contributed by atoms with E-state index in [1.54, 1.807) is 0 Å². The predicted octanol–water partition coefficient (Wildman–Crippen LogP) is 4.07. The lowest BCUT2D eigenvalue weighted by molar-refractivity contribution is 0.260. The summed E-state index contributed by atoms with van der Waals surface area (Å²) in [6, 6.07) is 0. The molecule has 2 unspecified atom stereocenters. The number of nitrogens with zero attached hydrogens (tertiary/aromatic N) is 1. The first kappa shape index (κ1) is 11.9. The molecule has 2 nitrogen and oxygen atoms in total. The zero-order valence-electron chi connectivity index (χ0n) is 10.3. The molecule has 2 atom stereocenters. The minimum atomic E-state index is 0.876. The van der Waals surface area contributed by atoms with E-state index < -0.39 is 0 Å². The Bertz CT molecular complexity index is 391. The van der Waals surface area contributed by atoms with E-state index in [-0.39, 0.29) is 0 Å².